The summed E-state index contributed by atoms with van der Waals surface area (Å²) in [6, 6.07) is 12.6. The molecular formula is C23H28N4OS. The maximum Gasteiger partial charge on any atom is 0.272 e. The van der Waals surface area contributed by atoms with Crippen LogP contribution in [-0.2, 0) is 12.5 Å². The van der Waals surface area contributed by atoms with Crippen LogP contribution in [-0.4, -0.2) is 38.7 Å². The largest absolute Gasteiger partial charge is 0.337 e. The predicted octanol–water partition coefficient (Wildman–Crippen LogP) is 4.53. The van der Waals surface area contributed by atoms with Gasteiger partial charge in [-0.15, -0.1) is 11.3 Å². The third-order valence-electron chi connectivity index (χ3n) is 6.05. The topological polar surface area (TPSA) is 51.0 Å². The van der Waals surface area contributed by atoms with E-state index in [2.05, 4.69) is 61.6 Å². The van der Waals surface area contributed by atoms with Crippen LogP contribution in [0.25, 0.3) is 0 Å². The highest BCUT2D eigenvalue weighted by Crippen LogP contribution is 2.42. The quantitative estimate of drug-likeness (QED) is 0.637. The van der Waals surface area contributed by atoms with Gasteiger partial charge in [0, 0.05) is 30.9 Å². The van der Waals surface area contributed by atoms with E-state index in [-0.39, 0.29) is 11.3 Å². The van der Waals surface area contributed by atoms with Crippen molar-refractivity contribution in [2.75, 3.05) is 13.1 Å². The summed E-state index contributed by atoms with van der Waals surface area (Å²) in [6.07, 6.45) is 1.75. The zero-order valence-electron chi connectivity index (χ0n) is 17.6. The van der Waals surface area contributed by atoms with E-state index >= 15 is 0 Å². The standard InChI is InChI=1S/C23H28N4OS/c1-16(2)19-14-20(26(4)25-19)22(28)27-12-10-23(11-13-27,18-8-6-5-7-9-18)21-15-29-17(3)24-21/h5-9,14-16H,10-13H2,1-4H3. The highest BCUT2D eigenvalue weighted by atomic mass is 32.1. The maximum absolute atomic E-state index is 13.2. The Balaban J connectivity index is 1.60. The van der Waals surface area contributed by atoms with Gasteiger partial charge in [0.15, 0.2) is 0 Å². The number of carbonyl (C=O) groups excluding carboxylic acids is 1. The van der Waals surface area contributed by atoms with Gasteiger partial charge >= 0.3 is 0 Å². The molecule has 2 aromatic heterocycles. The van der Waals surface area contributed by atoms with Crippen LogP contribution in [0, 0.1) is 6.92 Å². The summed E-state index contributed by atoms with van der Waals surface area (Å²) in [7, 11) is 1.86. The highest BCUT2D eigenvalue weighted by Gasteiger charge is 2.41. The lowest BCUT2D eigenvalue weighted by atomic mass is 9.70. The maximum atomic E-state index is 13.2. The SMILES string of the molecule is Cc1nc(C2(c3ccccc3)CCN(C(=O)c3cc(C(C)C)nn3C)CC2)cs1. The summed E-state index contributed by atoms with van der Waals surface area (Å²) in [5, 5.41) is 7.79. The molecule has 1 fully saturated rings. The fourth-order valence-corrected chi connectivity index (χ4v) is 4.97. The van der Waals surface area contributed by atoms with Gasteiger partial charge in [-0.25, -0.2) is 4.98 Å². The third kappa shape index (κ3) is 3.62. The second kappa shape index (κ2) is 7.75. The van der Waals surface area contributed by atoms with Crippen LogP contribution in [0.1, 0.15) is 65.1 Å². The van der Waals surface area contributed by atoms with Crippen molar-refractivity contribution in [1.82, 2.24) is 19.7 Å². The Bertz CT molecular complexity index is 997. The molecule has 4 rings (SSSR count). The molecule has 0 bridgehead atoms. The molecule has 1 aromatic carbocycles. The van der Waals surface area contributed by atoms with Gasteiger partial charge in [0.2, 0.25) is 0 Å². The Kier molecular flexibility index (Phi) is 5.30. The van der Waals surface area contributed by atoms with E-state index in [4.69, 9.17) is 4.98 Å². The molecular weight excluding hydrogens is 380 g/mol. The van der Waals surface area contributed by atoms with E-state index in [0.29, 0.717) is 24.7 Å². The average molecular weight is 409 g/mol. The fraction of sp³-hybridized carbons (Fsp3) is 0.435. The lowest BCUT2D eigenvalue weighted by Crippen LogP contribution is -2.46. The summed E-state index contributed by atoms with van der Waals surface area (Å²) >= 11 is 1.70. The van der Waals surface area contributed by atoms with Gasteiger partial charge in [-0.1, -0.05) is 44.2 Å². The lowest BCUT2D eigenvalue weighted by molar-refractivity contribution is 0.0673. The Morgan fingerprint density at radius 3 is 2.41 bits per heavy atom. The number of aromatic nitrogens is 3. The second-order valence-electron chi connectivity index (χ2n) is 8.22. The number of amides is 1. The van der Waals surface area contributed by atoms with E-state index in [1.54, 1.807) is 16.0 Å². The minimum Gasteiger partial charge on any atom is -0.337 e. The highest BCUT2D eigenvalue weighted by molar-refractivity contribution is 7.09. The second-order valence-corrected chi connectivity index (χ2v) is 9.29. The minimum atomic E-state index is -0.127. The van der Waals surface area contributed by atoms with E-state index in [1.807, 2.05) is 18.0 Å². The van der Waals surface area contributed by atoms with Gasteiger partial charge in [-0.05, 0) is 37.3 Å². The van der Waals surface area contributed by atoms with Gasteiger partial charge < -0.3 is 4.90 Å². The molecule has 5 nitrogen and oxygen atoms in total. The van der Waals surface area contributed by atoms with Crippen molar-refractivity contribution in [3.63, 3.8) is 0 Å². The summed E-state index contributed by atoms with van der Waals surface area (Å²) in [5.41, 5.74) is 3.94. The van der Waals surface area contributed by atoms with Gasteiger partial charge in [0.05, 0.1) is 16.4 Å². The molecule has 0 atom stereocenters. The molecule has 3 aromatic rings. The lowest BCUT2D eigenvalue weighted by Gasteiger charge is -2.41. The summed E-state index contributed by atoms with van der Waals surface area (Å²) in [6.45, 7) is 7.68. The Labute approximate surface area is 176 Å². The molecule has 0 saturated carbocycles. The van der Waals surface area contributed by atoms with Crippen molar-refractivity contribution in [3.8, 4) is 0 Å². The van der Waals surface area contributed by atoms with Crippen LogP contribution < -0.4 is 0 Å². The number of carbonyl (C=O) groups is 1. The third-order valence-corrected chi connectivity index (χ3v) is 6.82. The van der Waals surface area contributed by atoms with E-state index in [1.165, 1.54) is 5.56 Å². The van der Waals surface area contributed by atoms with Crippen molar-refractivity contribution in [1.29, 1.82) is 0 Å². The first-order valence-corrected chi connectivity index (χ1v) is 11.1. The van der Waals surface area contributed by atoms with Gasteiger partial charge in [-0.2, -0.15) is 5.10 Å². The van der Waals surface area contributed by atoms with Crippen molar-refractivity contribution < 1.29 is 4.79 Å². The van der Waals surface area contributed by atoms with Crippen molar-refractivity contribution in [2.45, 2.75) is 44.9 Å². The Morgan fingerprint density at radius 2 is 1.86 bits per heavy atom. The number of likely N-dealkylation sites (tertiary alicyclic amines) is 1. The average Bonchev–Trinajstić information content (AvgIpc) is 3.34. The Hall–Kier alpha value is -2.47. The smallest absolute Gasteiger partial charge is 0.272 e. The molecule has 6 heteroatoms. The molecule has 0 aliphatic carbocycles. The van der Waals surface area contributed by atoms with Gasteiger partial charge in [0.25, 0.3) is 5.91 Å². The van der Waals surface area contributed by atoms with Crippen molar-refractivity contribution >= 4 is 17.2 Å². The molecule has 1 amide bonds. The molecule has 1 aliphatic heterocycles. The summed E-state index contributed by atoms with van der Waals surface area (Å²) in [5.74, 6) is 0.380. The fourth-order valence-electron chi connectivity index (χ4n) is 4.26. The molecule has 0 radical (unpaired) electrons. The number of rotatable bonds is 4. The number of hydrogen-bond acceptors (Lipinski definition) is 4. The van der Waals surface area contributed by atoms with Crippen molar-refractivity contribution in [3.05, 3.63) is 69.4 Å². The monoisotopic (exact) mass is 408 g/mol. The summed E-state index contributed by atoms with van der Waals surface area (Å²) in [4.78, 5) is 20.0. The molecule has 1 saturated heterocycles. The van der Waals surface area contributed by atoms with Crippen LogP contribution in [0.3, 0.4) is 0 Å². The first-order chi connectivity index (χ1) is 13.9. The molecule has 29 heavy (non-hydrogen) atoms. The first-order valence-electron chi connectivity index (χ1n) is 10.2. The molecule has 0 unspecified atom stereocenters. The van der Waals surface area contributed by atoms with Crippen LogP contribution >= 0.6 is 11.3 Å². The van der Waals surface area contributed by atoms with E-state index in [0.717, 1.165) is 29.2 Å². The van der Waals surface area contributed by atoms with Crippen LogP contribution in [0.15, 0.2) is 41.8 Å². The molecule has 1 aliphatic rings. The zero-order chi connectivity index (χ0) is 20.6. The first kappa shape index (κ1) is 19.8. The predicted molar refractivity (Wildman–Crippen MR) is 117 cm³/mol. The van der Waals surface area contributed by atoms with E-state index in [9.17, 15) is 4.79 Å². The molecule has 0 spiro atoms. The van der Waals surface area contributed by atoms with Crippen LogP contribution in [0.4, 0.5) is 0 Å². The van der Waals surface area contributed by atoms with Crippen molar-refractivity contribution in [2.24, 2.45) is 7.05 Å². The molecule has 152 valence electrons. The van der Waals surface area contributed by atoms with Gasteiger partial charge in [0.1, 0.15) is 5.69 Å². The zero-order valence-corrected chi connectivity index (χ0v) is 18.4. The van der Waals surface area contributed by atoms with Crippen LogP contribution in [0.2, 0.25) is 0 Å². The number of nitrogens with zero attached hydrogens (tertiary/aromatic N) is 4. The number of thiazole rings is 1. The van der Waals surface area contributed by atoms with Gasteiger partial charge in [-0.3, -0.25) is 9.48 Å². The number of piperidine rings is 1. The number of hydrogen-bond donors (Lipinski definition) is 0. The Morgan fingerprint density at radius 1 is 1.17 bits per heavy atom. The number of benzene rings is 1. The van der Waals surface area contributed by atoms with Crippen LogP contribution in [0.5, 0.6) is 0 Å². The van der Waals surface area contributed by atoms with E-state index < -0.39 is 0 Å². The molecule has 0 N–H and O–H groups in total. The number of aryl methyl sites for hydroxylation is 2. The summed E-state index contributed by atoms with van der Waals surface area (Å²) < 4.78 is 1.72. The normalized spacial score (nSPS) is 16.4. The minimum absolute atomic E-state index is 0.0722. The molecule has 3 heterocycles.